The summed E-state index contributed by atoms with van der Waals surface area (Å²) in [4.78, 5) is 24.9. The van der Waals surface area contributed by atoms with E-state index in [9.17, 15) is 14.9 Å². The molecule has 0 N–H and O–H groups in total. The van der Waals surface area contributed by atoms with Crippen molar-refractivity contribution in [3.8, 4) is 11.3 Å². The number of ether oxygens (including phenoxy) is 1. The van der Waals surface area contributed by atoms with Crippen molar-refractivity contribution in [3.63, 3.8) is 0 Å². The van der Waals surface area contributed by atoms with Crippen LogP contribution in [-0.2, 0) is 16.1 Å². The van der Waals surface area contributed by atoms with E-state index in [1.54, 1.807) is 24.3 Å². The molecule has 1 aromatic carbocycles. The van der Waals surface area contributed by atoms with Gasteiger partial charge >= 0.3 is 5.97 Å². The molecule has 0 aliphatic carbocycles. The first kappa shape index (κ1) is 18.1. The number of nitro groups is 1. The number of carbonyl (C=O) groups excluding carboxylic acids is 1. The third kappa shape index (κ3) is 4.11. The minimum Gasteiger partial charge on any atom is -0.466 e. The fourth-order valence-corrected chi connectivity index (χ4v) is 3.32. The van der Waals surface area contributed by atoms with Crippen LogP contribution in [0.1, 0.15) is 25.5 Å². The number of hydrogen-bond donors (Lipinski definition) is 0. The maximum atomic E-state index is 12.0. The Labute approximate surface area is 151 Å². The van der Waals surface area contributed by atoms with E-state index >= 15 is 0 Å². The number of nitro benzene ring substituents is 1. The molecule has 1 unspecified atom stereocenters. The summed E-state index contributed by atoms with van der Waals surface area (Å²) in [5.41, 5.74) is 0.487. The first-order valence-electron chi connectivity index (χ1n) is 8.80. The Bertz CT molecular complexity index is 786. The first-order valence-corrected chi connectivity index (χ1v) is 8.80. The van der Waals surface area contributed by atoms with Gasteiger partial charge in [0.05, 0.1) is 29.6 Å². The van der Waals surface area contributed by atoms with Gasteiger partial charge in [-0.15, -0.1) is 0 Å². The van der Waals surface area contributed by atoms with E-state index in [0.717, 1.165) is 25.1 Å². The van der Waals surface area contributed by atoms with E-state index in [-0.39, 0.29) is 17.6 Å². The highest BCUT2D eigenvalue weighted by atomic mass is 16.6. The van der Waals surface area contributed by atoms with Crippen molar-refractivity contribution in [1.82, 2.24) is 4.90 Å². The molecule has 3 rings (SSSR count). The fraction of sp³-hybridized carbons (Fsp3) is 0.421. The molecule has 7 heteroatoms. The Balaban J connectivity index is 1.69. The SMILES string of the molecule is CCOC(=O)C1CCCN(Cc2ccc(-c3ccccc3[N+](=O)[O-])o2)C1. The van der Waals surface area contributed by atoms with Gasteiger partial charge in [-0.05, 0) is 44.5 Å². The van der Waals surface area contributed by atoms with Crippen LogP contribution in [0.4, 0.5) is 5.69 Å². The maximum absolute atomic E-state index is 12.0. The highest BCUT2D eigenvalue weighted by Gasteiger charge is 2.27. The third-order valence-electron chi connectivity index (χ3n) is 4.53. The molecule has 0 amide bonds. The average Bonchev–Trinajstić information content (AvgIpc) is 3.10. The smallest absolute Gasteiger partial charge is 0.310 e. The lowest BCUT2D eigenvalue weighted by atomic mass is 9.98. The van der Waals surface area contributed by atoms with Crippen molar-refractivity contribution >= 4 is 11.7 Å². The van der Waals surface area contributed by atoms with Gasteiger partial charge in [0, 0.05) is 12.6 Å². The molecule has 0 radical (unpaired) electrons. The maximum Gasteiger partial charge on any atom is 0.310 e. The lowest BCUT2D eigenvalue weighted by Gasteiger charge is -2.30. The van der Waals surface area contributed by atoms with Gasteiger partial charge in [-0.3, -0.25) is 19.8 Å². The molecular weight excluding hydrogens is 336 g/mol. The van der Waals surface area contributed by atoms with Crippen molar-refractivity contribution in [3.05, 3.63) is 52.3 Å². The summed E-state index contributed by atoms with van der Waals surface area (Å²) in [5.74, 6) is 0.958. The van der Waals surface area contributed by atoms with Crippen molar-refractivity contribution < 1.29 is 18.9 Å². The second-order valence-corrected chi connectivity index (χ2v) is 6.37. The van der Waals surface area contributed by atoms with Gasteiger partial charge in [-0.25, -0.2) is 0 Å². The van der Waals surface area contributed by atoms with Crippen LogP contribution < -0.4 is 0 Å². The largest absolute Gasteiger partial charge is 0.466 e. The minimum atomic E-state index is -0.411. The molecule has 0 spiro atoms. The van der Waals surface area contributed by atoms with Crippen LogP contribution in [-0.4, -0.2) is 35.5 Å². The van der Waals surface area contributed by atoms with Gasteiger partial charge < -0.3 is 9.15 Å². The number of hydrogen-bond acceptors (Lipinski definition) is 6. The molecule has 1 atom stereocenters. The zero-order valence-electron chi connectivity index (χ0n) is 14.7. The molecule has 1 aliphatic rings. The monoisotopic (exact) mass is 358 g/mol. The molecule has 7 nitrogen and oxygen atoms in total. The Morgan fingerprint density at radius 2 is 2.15 bits per heavy atom. The molecular formula is C19H22N2O5. The fourth-order valence-electron chi connectivity index (χ4n) is 3.32. The predicted molar refractivity (Wildman–Crippen MR) is 95.4 cm³/mol. The van der Waals surface area contributed by atoms with Gasteiger partial charge in [0.2, 0.25) is 0 Å². The van der Waals surface area contributed by atoms with Crippen LogP contribution in [0, 0.1) is 16.0 Å². The number of carbonyl (C=O) groups is 1. The zero-order chi connectivity index (χ0) is 18.5. The quantitative estimate of drug-likeness (QED) is 0.445. The molecule has 138 valence electrons. The summed E-state index contributed by atoms with van der Waals surface area (Å²) in [6.45, 7) is 4.30. The summed E-state index contributed by atoms with van der Waals surface area (Å²) in [6, 6.07) is 10.1. The van der Waals surface area contributed by atoms with Gasteiger partial charge in [-0.1, -0.05) is 12.1 Å². The van der Waals surface area contributed by atoms with Crippen molar-refractivity contribution in [2.45, 2.75) is 26.3 Å². The number of benzene rings is 1. The van der Waals surface area contributed by atoms with Crippen molar-refractivity contribution in [1.29, 1.82) is 0 Å². The van der Waals surface area contributed by atoms with E-state index in [1.807, 2.05) is 13.0 Å². The van der Waals surface area contributed by atoms with Crippen LogP contribution >= 0.6 is 0 Å². The number of para-hydroxylation sites is 1. The molecule has 0 bridgehead atoms. The number of nitrogens with zero attached hydrogens (tertiary/aromatic N) is 2. The highest BCUT2D eigenvalue weighted by molar-refractivity contribution is 5.72. The van der Waals surface area contributed by atoms with E-state index < -0.39 is 4.92 Å². The molecule has 1 saturated heterocycles. The average molecular weight is 358 g/mol. The van der Waals surface area contributed by atoms with E-state index in [2.05, 4.69) is 4.90 Å². The Morgan fingerprint density at radius 3 is 2.92 bits per heavy atom. The van der Waals surface area contributed by atoms with Crippen molar-refractivity contribution in [2.75, 3.05) is 19.7 Å². The lowest BCUT2D eigenvalue weighted by Crippen LogP contribution is -2.38. The first-order chi connectivity index (χ1) is 12.6. The number of rotatable bonds is 6. The summed E-state index contributed by atoms with van der Waals surface area (Å²) < 4.78 is 11.0. The third-order valence-corrected chi connectivity index (χ3v) is 4.53. The topological polar surface area (TPSA) is 85.8 Å². The summed E-state index contributed by atoms with van der Waals surface area (Å²) in [6.07, 6.45) is 1.77. The Morgan fingerprint density at radius 1 is 1.35 bits per heavy atom. The molecule has 2 aromatic rings. The predicted octanol–water partition coefficient (Wildman–Crippen LogP) is 3.63. The zero-order valence-corrected chi connectivity index (χ0v) is 14.7. The highest BCUT2D eigenvalue weighted by Crippen LogP contribution is 2.31. The van der Waals surface area contributed by atoms with Gasteiger partial charge in [0.1, 0.15) is 11.5 Å². The van der Waals surface area contributed by atoms with E-state index in [4.69, 9.17) is 9.15 Å². The second-order valence-electron chi connectivity index (χ2n) is 6.37. The van der Waals surface area contributed by atoms with Gasteiger partial charge in [-0.2, -0.15) is 0 Å². The summed E-state index contributed by atoms with van der Waals surface area (Å²) in [5, 5.41) is 11.2. The number of likely N-dealkylation sites (tertiary alicyclic amines) is 1. The van der Waals surface area contributed by atoms with E-state index in [0.29, 0.717) is 31.0 Å². The molecule has 2 heterocycles. The second kappa shape index (κ2) is 8.14. The van der Waals surface area contributed by atoms with Crippen molar-refractivity contribution in [2.24, 2.45) is 5.92 Å². The minimum absolute atomic E-state index is 0.0220. The van der Waals surface area contributed by atoms with Crippen LogP contribution in [0.2, 0.25) is 0 Å². The van der Waals surface area contributed by atoms with Gasteiger partial charge in [0.25, 0.3) is 5.69 Å². The standard InChI is InChI=1S/C19H22N2O5/c1-2-25-19(22)14-6-5-11-20(12-14)13-15-9-10-18(26-15)16-7-3-4-8-17(16)21(23)24/h3-4,7-10,14H,2,5-6,11-13H2,1H3. The Kier molecular flexibility index (Phi) is 5.68. The Hall–Kier alpha value is -2.67. The summed E-state index contributed by atoms with van der Waals surface area (Å²) in [7, 11) is 0. The molecule has 1 aliphatic heterocycles. The number of furan rings is 1. The molecule has 26 heavy (non-hydrogen) atoms. The summed E-state index contributed by atoms with van der Waals surface area (Å²) >= 11 is 0. The molecule has 1 fully saturated rings. The lowest BCUT2D eigenvalue weighted by molar-refractivity contribution is -0.384. The van der Waals surface area contributed by atoms with Crippen LogP contribution in [0.25, 0.3) is 11.3 Å². The van der Waals surface area contributed by atoms with Gasteiger partial charge in [0.15, 0.2) is 0 Å². The number of piperidine rings is 1. The molecule has 1 aromatic heterocycles. The van der Waals surface area contributed by atoms with E-state index in [1.165, 1.54) is 6.07 Å². The normalized spacial score (nSPS) is 17.8. The van der Waals surface area contributed by atoms with Crippen LogP contribution in [0.15, 0.2) is 40.8 Å². The van der Waals surface area contributed by atoms with Crippen LogP contribution in [0.3, 0.4) is 0 Å². The number of esters is 1. The molecule has 0 saturated carbocycles. The van der Waals surface area contributed by atoms with Crippen LogP contribution in [0.5, 0.6) is 0 Å².